The molecule has 0 radical (unpaired) electrons. The first kappa shape index (κ1) is 20.9. The molecule has 0 amide bonds. The number of Topliss-reactive ketones (excluding diaryl/α,β-unsaturated/α-hetero) is 1. The van der Waals surface area contributed by atoms with Crippen LogP contribution in [0.25, 0.3) is 0 Å². The van der Waals surface area contributed by atoms with Crippen LogP contribution >= 0.6 is 0 Å². The number of hydrogen-bond donors (Lipinski definition) is 0. The lowest BCUT2D eigenvalue weighted by atomic mass is 9.79. The summed E-state index contributed by atoms with van der Waals surface area (Å²) in [6.07, 6.45) is 4.80. The summed E-state index contributed by atoms with van der Waals surface area (Å²) in [4.78, 5) is 11.9. The van der Waals surface area contributed by atoms with E-state index in [4.69, 9.17) is 0 Å². The maximum atomic E-state index is 11.9. The van der Waals surface area contributed by atoms with Crippen LogP contribution in [-0.4, -0.2) is 5.78 Å². The lowest BCUT2D eigenvalue weighted by Gasteiger charge is -2.25. The van der Waals surface area contributed by atoms with Gasteiger partial charge >= 0.3 is 0 Å². The molecule has 1 nitrogen and oxygen atoms in total. The van der Waals surface area contributed by atoms with Gasteiger partial charge < -0.3 is 0 Å². The molecule has 0 aromatic heterocycles. The minimum atomic E-state index is 0.409. The Kier molecular flexibility index (Phi) is 10.9. The fourth-order valence-corrected chi connectivity index (χ4v) is 3.29. The van der Waals surface area contributed by atoms with Gasteiger partial charge in [0.25, 0.3) is 0 Å². The zero-order valence-corrected chi connectivity index (χ0v) is 15.8. The van der Waals surface area contributed by atoms with Gasteiger partial charge in [0, 0.05) is 12.8 Å². The molecule has 0 heterocycles. The van der Waals surface area contributed by atoms with Crippen LogP contribution in [0, 0.1) is 25.7 Å². The molecule has 0 fully saturated rings. The standard InChI is InChI=1S/C19H30O.C2H6/c1-6-17(7-2)18(13-19(20)8-3)12-16-10-14(4)9-15(5)11-16;1-2/h9-11,17-18H,6-8,12-13H2,1-5H3;1-2H3. The normalized spacial score (nSPS) is 11.8. The molecule has 0 bridgehead atoms. The van der Waals surface area contributed by atoms with Crippen molar-refractivity contribution in [2.75, 3.05) is 0 Å². The van der Waals surface area contributed by atoms with Crippen LogP contribution in [0.1, 0.15) is 77.0 Å². The average Bonchev–Trinajstić information content (AvgIpc) is 2.49. The highest BCUT2D eigenvalue weighted by atomic mass is 16.1. The lowest BCUT2D eigenvalue weighted by Crippen LogP contribution is -2.20. The molecule has 1 unspecified atom stereocenters. The smallest absolute Gasteiger partial charge is 0.132 e. The first-order chi connectivity index (χ1) is 10.5. The summed E-state index contributed by atoms with van der Waals surface area (Å²) >= 11 is 0. The fraction of sp³-hybridized carbons (Fsp3) is 0.667. The number of carbonyl (C=O) groups excluding carboxylic acids is 1. The topological polar surface area (TPSA) is 17.1 Å². The second-order valence-electron chi connectivity index (χ2n) is 6.13. The Morgan fingerprint density at radius 2 is 1.41 bits per heavy atom. The molecule has 0 saturated carbocycles. The number of hydrogen-bond acceptors (Lipinski definition) is 1. The summed E-state index contributed by atoms with van der Waals surface area (Å²) < 4.78 is 0. The van der Waals surface area contributed by atoms with E-state index >= 15 is 0 Å². The highest BCUT2D eigenvalue weighted by molar-refractivity contribution is 5.78. The SMILES string of the molecule is CC.CCC(=O)CC(Cc1cc(C)cc(C)c1)C(CC)CC. The summed E-state index contributed by atoms with van der Waals surface area (Å²) in [5.74, 6) is 1.57. The molecule has 1 rings (SSSR count). The van der Waals surface area contributed by atoms with Crippen molar-refractivity contribution in [1.29, 1.82) is 0 Å². The third-order valence-electron chi connectivity index (χ3n) is 4.38. The van der Waals surface area contributed by atoms with E-state index in [0.29, 0.717) is 24.0 Å². The molecule has 0 aliphatic heterocycles. The molecule has 126 valence electrons. The van der Waals surface area contributed by atoms with Gasteiger partial charge in [-0.1, -0.05) is 76.8 Å². The fourth-order valence-electron chi connectivity index (χ4n) is 3.29. The Morgan fingerprint density at radius 1 is 0.909 bits per heavy atom. The molecule has 1 aromatic carbocycles. The molecule has 0 aliphatic rings. The Bertz CT molecular complexity index is 409. The number of benzene rings is 1. The van der Waals surface area contributed by atoms with Crippen molar-refractivity contribution < 1.29 is 4.79 Å². The van der Waals surface area contributed by atoms with E-state index in [1.54, 1.807) is 0 Å². The molecule has 0 aliphatic carbocycles. The van der Waals surface area contributed by atoms with E-state index < -0.39 is 0 Å². The molecule has 0 spiro atoms. The van der Waals surface area contributed by atoms with Gasteiger partial charge in [0.15, 0.2) is 0 Å². The minimum absolute atomic E-state index is 0.409. The van der Waals surface area contributed by atoms with Crippen LogP contribution in [0.3, 0.4) is 0 Å². The van der Waals surface area contributed by atoms with Gasteiger partial charge in [-0.15, -0.1) is 0 Å². The van der Waals surface area contributed by atoms with Crippen LogP contribution in [-0.2, 0) is 11.2 Å². The van der Waals surface area contributed by atoms with Crippen molar-refractivity contribution in [2.45, 2.75) is 80.6 Å². The van der Waals surface area contributed by atoms with Crippen LogP contribution in [0.2, 0.25) is 0 Å². The van der Waals surface area contributed by atoms with Crippen LogP contribution in [0.15, 0.2) is 18.2 Å². The molecule has 1 aromatic rings. The second kappa shape index (κ2) is 11.5. The van der Waals surface area contributed by atoms with Crippen molar-refractivity contribution in [2.24, 2.45) is 11.8 Å². The van der Waals surface area contributed by atoms with Crippen LogP contribution in [0.4, 0.5) is 0 Å². The van der Waals surface area contributed by atoms with Crippen LogP contribution < -0.4 is 0 Å². The zero-order valence-electron chi connectivity index (χ0n) is 15.8. The minimum Gasteiger partial charge on any atom is -0.300 e. The van der Waals surface area contributed by atoms with E-state index in [1.165, 1.54) is 29.5 Å². The van der Waals surface area contributed by atoms with Crippen molar-refractivity contribution in [3.8, 4) is 0 Å². The molecular formula is C21H36O. The predicted octanol–water partition coefficient (Wildman–Crippen LogP) is 6.29. The highest BCUT2D eigenvalue weighted by Gasteiger charge is 2.21. The molecule has 1 heteroatoms. The largest absolute Gasteiger partial charge is 0.300 e. The van der Waals surface area contributed by atoms with Gasteiger partial charge in [0.05, 0.1) is 0 Å². The van der Waals surface area contributed by atoms with Gasteiger partial charge in [-0.2, -0.15) is 0 Å². The van der Waals surface area contributed by atoms with Crippen molar-refractivity contribution in [1.82, 2.24) is 0 Å². The van der Waals surface area contributed by atoms with Gasteiger partial charge in [-0.25, -0.2) is 0 Å². The van der Waals surface area contributed by atoms with E-state index in [9.17, 15) is 4.79 Å². The van der Waals surface area contributed by atoms with E-state index in [1.807, 2.05) is 20.8 Å². The second-order valence-corrected chi connectivity index (χ2v) is 6.13. The first-order valence-corrected chi connectivity index (χ1v) is 9.08. The third-order valence-corrected chi connectivity index (χ3v) is 4.38. The zero-order chi connectivity index (χ0) is 17.1. The monoisotopic (exact) mass is 304 g/mol. The number of rotatable bonds is 8. The molecule has 22 heavy (non-hydrogen) atoms. The number of ketones is 1. The molecule has 0 N–H and O–H groups in total. The summed E-state index contributed by atoms with van der Waals surface area (Å²) in [5, 5.41) is 0. The Balaban J connectivity index is 0.00000211. The predicted molar refractivity (Wildman–Crippen MR) is 98.4 cm³/mol. The van der Waals surface area contributed by atoms with Gasteiger partial charge in [0.1, 0.15) is 5.78 Å². The third kappa shape index (κ3) is 7.24. The van der Waals surface area contributed by atoms with Gasteiger partial charge in [-0.05, 0) is 37.7 Å². The summed E-state index contributed by atoms with van der Waals surface area (Å²) in [6.45, 7) is 14.8. The maximum Gasteiger partial charge on any atom is 0.132 e. The van der Waals surface area contributed by atoms with Crippen molar-refractivity contribution in [3.63, 3.8) is 0 Å². The number of aryl methyl sites for hydroxylation is 2. The molecule has 0 saturated heterocycles. The average molecular weight is 305 g/mol. The Hall–Kier alpha value is -1.11. The summed E-state index contributed by atoms with van der Waals surface area (Å²) in [5.41, 5.74) is 4.04. The van der Waals surface area contributed by atoms with E-state index in [-0.39, 0.29) is 0 Å². The van der Waals surface area contributed by atoms with Crippen molar-refractivity contribution in [3.05, 3.63) is 34.9 Å². The Morgan fingerprint density at radius 3 is 1.82 bits per heavy atom. The van der Waals surface area contributed by atoms with Crippen LogP contribution in [0.5, 0.6) is 0 Å². The quantitative estimate of drug-likeness (QED) is 0.551. The summed E-state index contributed by atoms with van der Waals surface area (Å²) in [6, 6.07) is 6.77. The number of carbonyl (C=O) groups is 1. The molecule has 1 atom stereocenters. The van der Waals surface area contributed by atoms with Gasteiger partial charge in [-0.3, -0.25) is 4.79 Å². The highest BCUT2D eigenvalue weighted by Crippen LogP contribution is 2.28. The lowest BCUT2D eigenvalue weighted by molar-refractivity contribution is -0.120. The van der Waals surface area contributed by atoms with E-state index in [0.717, 1.165) is 12.8 Å². The van der Waals surface area contributed by atoms with Crippen molar-refractivity contribution >= 4 is 5.78 Å². The molecular weight excluding hydrogens is 268 g/mol. The van der Waals surface area contributed by atoms with E-state index in [2.05, 4.69) is 45.9 Å². The Labute approximate surface area is 138 Å². The maximum absolute atomic E-state index is 11.9. The summed E-state index contributed by atoms with van der Waals surface area (Å²) in [7, 11) is 0. The first-order valence-electron chi connectivity index (χ1n) is 9.08. The van der Waals surface area contributed by atoms with Gasteiger partial charge in [0.2, 0.25) is 0 Å².